The van der Waals surface area contributed by atoms with E-state index in [0.29, 0.717) is 6.42 Å². The first-order chi connectivity index (χ1) is 7.88. The summed E-state index contributed by atoms with van der Waals surface area (Å²) in [6.45, 7) is 1.11. The van der Waals surface area contributed by atoms with Crippen LogP contribution in [0.25, 0.3) is 10.9 Å². The Kier molecular flexibility index (Phi) is 2.28. The highest BCUT2D eigenvalue weighted by molar-refractivity contribution is 5.85. The van der Waals surface area contributed by atoms with E-state index in [-0.39, 0.29) is 0 Å². The number of rotatable bonds is 4. The molecule has 3 rings (SSSR count). The predicted octanol–water partition coefficient (Wildman–Crippen LogP) is 2.79. The van der Waals surface area contributed by atoms with Crippen molar-refractivity contribution < 1.29 is 4.79 Å². The zero-order valence-electron chi connectivity index (χ0n) is 9.23. The number of carbonyl (C=O) groups excluding carboxylic acids is 1. The third-order valence-corrected chi connectivity index (χ3v) is 3.33. The molecule has 1 fully saturated rings. The van der Waals surface area contributed by atoms with Gasteiger partial charge in [0.15, 0.2) is 0 Å². The fraction of sp³-hybridized carbons (Fsp3) is 0.357. The quantitative estimate of drug-likeness (QED) is 0.716. The van der Waals surface area contributed by atoms with E-state index in [1.54, 1.807) is 0 Å². The Bertz CT molecular complexity index is 523. The number of nitrogens with zero attached hydrogens (tertiary/aromatic N) is 1. The normalized spacial score (nSPS) is 15.5. The summed E-state index contributed by atoms with van der Waals surface area (Å²) in [6, 6.07) is 8.35. The molecule has 0 saturated heterocycles. The topological polar surface area (TPSA) is 22.0 Å². The molecule has 1 aliphatic rings. The molecule has 0 aliphatic heterocycles. The van der Waals surface area contributed by atoms with Gasteiger partial charge in [-0.15, -0.1) is 0 Å². The zero-order chi connectivity index (χ0) is 11.0. The van der Waals surface area contributed by atoms with Gasteiger partial charge in [-0.3, -0.25) is 0 Å². The monoisotopic (exact) mass is 213 g/mol. The van der Waals surface area contributed by atoms with Crippen molar-refractivity contribution in [2.75, 3.05) is 0 Å². The van der Waals surface area contributed by atoms with Crippen LogP contribution in [0.2, 0.25) is 0 Å². The van der Waals surface area contributed by atoms with E-state index in [2.05, 4.69) is 29.0 Å². The molecule has 2 heteroatoms. The van der Waals surface area contributed by atoms with Gasteiger partial charge in [-0.05, 0) is 35.8 Å². The number of benzene rings is 1. The number of aldehydes is 1. The Labute approximate surface area is 94.9 Å². The molecule has 2 nitrogen and oxygen atoms in total. The van der Waals surface area contributed by atoms with Crippen LogP contribution in [0.5, 0.6) is 0 Å². The largest absolute Gasteiger partial charge is 0.347 e. The molecule has 1 heterocycles. The Morgan fingerprint density at radius 1 is 1.31 bits per heavy atom. The SMILES string of the molecule is O=CCc1cccc2ccn(CC3CC3)c12. The molecule has 1 saturated carbocycles. The number of aromatic nitrogens is 1. The van der Waals surface area contributed by atoms with Gasteiger partial charge in [-0.1, -0.05) is 18.2 Å². The summed E-state index contributed by atoms with van der Waals surface area (Å²) < 4.78 is 2.31. The van der Waals surface area contributed by atoms with Crippen molar-refractivity contribution in [3.8, 4) is 0 Å². The minimum absolute atomic E-state index is 0.520. The summed E-state index contributed by atoms with van der Waals surface area (Å²) in [4.78, 5) is 10.7. The second-order valence-electron chi connectivity index (χ2n) is 4.64. The van der Waals surface area contributed by atoms with E-state index in [0.717, 1.165) is 24.3 Å². The van der Waals surface area contributed by atoms with Crippen LogP contribution < -0.4 is 0 Å². The van der Waals surface area contributed by atoms with Crippen molar-refractivity contribution in [3.63, 3.8) is 0 Å². The van der Waals surface area contributed by atoms with Crippen LogP contribution in [-0.4, -0.2) is 10.9 Å². The van der Waals surface area contributed by atoms with E-state index >= 15 is 0 Å². The molecule has 1 aromatic carbocycles. The van der Waals surface area contributed by atoms with Crippen LogP contribution in [0, 0.1) is 5.92 Å². The highest BCUT2D eigenvalue weighted by atomic mass is 16.1. The standard InChI is InChI=1S/C14H15NO/c16-9-7-13-3-1-2-12-6-8-15(14(12)13)10-11-4-5-11/h1-3,6,8-9,11H,4-5,7,10H2. The van der Waals surface area contributed by atoms with Gasteiger partial charge < -0.3 is 9.36 Å². The molecular weight excluding hydrogens is 198 g/mol. The van der Waals surface area contributed by atoms with Gasteiger partial charge in [-0.25, -0.2) is 0 Å². The number of hydrogen-bond acceptors (Lipinski definition) is 1. The van der Waals surface area contributed by atoms with Crippen LogP contribution >= 0.6 is 0 Å². The molecule has 2 aromatic rings. The van der Waals surface area contributed by atoms with Gasteiger partial charge >= 0.3 is 0 Å². The summed E-state index contributed by atoms with van der Waals surface area (Å²) >= 11 is 0. The molecule has 0 N–H and O–H groups in total. The summed E-state index contributed by atoms with van der Waals surface area (Å²) in [5.74, 6) is 0.861. The third-order valence-electron chi connectivity index (χ3n) is 3.33. The second-order valence-corrected chi connectivity index (χ2v) is 4.64. The summed E-state index contributed by atoms with van der Waals surface area (Å²) in [7, 11) is 0. The van der Waals surface area contributed by atoms with Crippen LogP contribution in [-0.2, 0) is 17.8 Å². The fourth-order valence-electron chi connectivity index (χ4n) is 2.33. The molecule has 1 aromatic heterocycles. The average Bonchev–Trinajstić information content (AvgIpc) is 3.00. The maximum Gasteiger partial charge on any atom is 0.124 e. The summed E-state index contributed by atoms with van der Waals surface area (Å²) in [5, 5.41) is 1.25. The van der Waals surface area contributed by atoms with E-state index in [9.17, 15) is 4.79 Å². The molecule has 0 atom stereocenters. The highest BCUT2D eigenvalue weighted by Crippen LogP contribution is 2.32. The first-order valence-corrected chi connectivity index (χ1v) is 5.89. The summed E-state index contributed by atoms with van der Waals surface area (Å²) in [6.07, 6.45) is 6.37. The second kappa shape index (κ2) is 3.78. The minimum Gasteiger partial charge on any atom is -0.347 e. The Hall–Kier alpha value is -1.57. The first kappa shape index (κ1) is 9.64. The average molecular weight is 213 g/mol. The molecule has 82 valence electrons. The zero-order valence-corrected chi connectivity index (χ0v) is 9.23. The minimum atomic E-state index is 0.520. The van der Waals surface area contributed by atoms with Crippen molar-refractivity contribution in [1.82, 2.24) is 4.57 Å². The van der Waals surface area contributed by atoms with Gasteiger partial charge in [0.2, 0.25) is 0 Å². The van der Waals surface area contributed by atoms with Gasteiger partial charge in [0.05, 0.1) is 5.52 Å². The maximum atomic E-state index is 10.7. The lowest BCUT2D eigenvalue weighted by molar-refractivity contribution is -0.107. The van der Waals surface area contributed by atoms with Crippen molar-refractivity contribution in [2.24, 2.45) is 5.92 Å². The highest BCUT2D eigenvalue weighted by Gasteiger charge is 2.22. The van der Waals surface area contributed by atoms with Gasteiger partial charge in [0, 0.05) is 19.2 Å². The lowest BCUT2D eigenvalue weighted by atomic mass is 10.1. The van der Waals surface area contributed by atoms with Crippen molar-refractivity contribution in [1.29, 1.82) is 0 Å². The summed E-state index contributed by atoms with van der Waals surface area (Å²) in [5.41, 5.74) is 2.40. The van der Waals surface area contributed by atoms with Crippen LogP contribution in [0.15, 0.2) is 30.5 Å². The van der Waals surface area contributed by atoms with E-state index in [1.807, 2.05) is 6.07 Å². The van der Waals surface area contributed by atoms with Crippen LogP contribution in [0.4, 0.5) is 0 Å². The Balaban J connectivity index is 2.08. The molecule has 0 spiro atoms. The van der Waals surface area contributed by atoms with Crippen LogP contribution in [0.1, 0.15) is 18.4 Å². The molecule has 0 unspecified atom stereocenters. The lowest BCUT2D eigenvalue weighted by Crippen LogP contribution is -2.00. The van der Waals surface area contributed by atoms with Gasteiger partial charge in [0.25, 0.3) is 0 Å². The number of hydrogen-bond donors (Lipinski definition) is 0. The van der Waals surface area contributed by atoms with E-state index in [1.165, 1.54) is 23.7 Å². The van der Waals surface area contributed by atoms with Gasteiger partial charge in [-0.2, -0.15) is 0 Å². The molecule has 0 amide bonds. The fourth-order valence-corrected chi connectivity index (χ4v) is 2.33. The van der Waals surface area contributed by atoms with Crippen molar-refractivity contribution in [2.45, 2.75) is 25.8 Å². The number of fused-ring (bicyclic) bond motifs is 1. The number of carbonyl (C=O) groups is 1. The van der Waals surface area contributed by atoms with Crippen molar-refractivity contribution >= 4 is 17.2 Å². The Morgan fingerprint density at radius 3 is 2.94 bits per heavy atom. The molecule has 0 radical (unpaired) electrons. The van der Waals surface area contributed by atoms with E-state index in [4.69, 9.17) is 0 Å². The van der Waals surface area contributed by atoms with Crippen LogP contribution in [0.3, 0.4) is 0 Å². The number of para-hydroxylation sites is 1. The molecule has 16 heavy (non-hydrogen) atoms. The molecule has 1 aliphatic carbocycles. The smallest absolute Gasteiger partial charge is 0.124 e. The Morgan fingerprint density at radius 2 is 2.19 bits per heavy atom. The van der Waals surface area contributed by atoms with Crippen molar-refractivity contribution in [3.05, 3.63) is 36.0 Å². The molecule has 0 bridgehead atoms. The maximum absolute atomic E-state index is 10.7. The van der Waals surface area contributed by atoms with E-state index < -0.39 is 0 Å². The van der Waals surface area contributed by atoms with Gasteiger partial charge in [0.1, 0.15) is 6.29 Å². The first-order valence-electron chi connectivity index (χ1n) is 5.89. The lowest BCUT2D eigenvalue weighted by Gasteiger charge is -2.07. The molecular formula is C14H15NO. The predicted molar refractivity (Wildman–Crippen MR) is 64.4 cm³/mol. The third kappa shape index (κ3) is 1.64.